The minimum Gasteiger partial charge on any atom is -0.490 e. The zero-order valence-corrected chi connectivity index (χ0v) is 14.3. The number of rotatable bonds is 7. The molecular formula is C17H21ClO2S. The molecule has 4 heteroatoms. The minimum absolute atomic E-state index is 0.144. The molecule has 0 fully saturated rings. The van der Waals surface area contributed by atoms with E-state index in [1.807, 2.05) is 32.0 Å². The zero-order valence-electron chi connectivity index (χ0n) is 12.7. The van der Waals surface area contributed by atoms with Crippen LogP contribution in [-0.4, -0.2) is 13.2 Å². The van der Waals surface area contributed by atoms with Gasteiger partial charge in [-0.25, -0.2) is 0 Å². The molecule has 0 aliphatic heterocycles. The van der Waals surface area contributed by atoms with Gasteiger partial charge in [0.25, 0.3) is 0 Å². The molecule has 0 radical (unpaired) electrons. The highest BCUT2D eigenvalue weighted by molar-refractivity contribution is 7.10. The Morgan fingerprint density at radius 3 is 2.43 bits per heavy atom. The van der Waals surface area contributed by atoms with Crippen molar-refractivity contribution in [3.63, 3.8) is 0 Å². The monoisotopic (exact) mass is 324 g/mol. The average molecular weight is 325 g/mol. The first-order valence-electron chi connectivity index (χ1n) is 7.31. The molecule has 0 aliphatic rings. The van der Waals surface area contributed by atoms with Crippen molar-refractivity contribution in [2.24, 2.45) is 0 Å². The molecule has 21 heavy (non-hydrogen) atoms. The second kappa shape index (κ2) is 7.71. The zero-order chi connectivity index (χ0) is 15.2. The Morgan fingerprint density at radius 1 is 1.05 bits per heavy atom. The molecule has 1 aromatic carbocycles. The maximum absolute atomic E-state index is 6.67. The maximum atomic E-state index is 6.67. The van der Waals surface area contributed by atoms with Crippen LogP contribution in [0, 0.1) is 0 Å². The summed E-state index contributed by atoms with van der Waals surface area (Å²) in [7, 11) is 0. The molecule has 0 amide bonds. The van der Waals surface area contributed by atoms with Crippen LogP contribution in [0.1, 0.15) is 42.2 Å². The Hall–Kier alpha value is -1.19. The van der Waals surface area contributed by atoms with E-state index < -0.39 is 0 Å². The van der Waals surface area contributed by atoms with E-state index in [1.165, 1.54) is 10.4 Å². The van der Waals surface area contributed by atoms with E-state index in [-0.39, 0.29) is 5.38 Å². The highest BCUT2D eigenvalue weighted by Crippen LogP contribution is 2.39. The molecular weight excluding hydrogens is 304 g/mol. The SMILES string of the molecule is CCOc1ccc(C(Cl)c2sccc2CC)cc1OCC. The van der Waals surface area contributed by atoms with Gasteiger partial charge in [-0.2, -0.15) is 0 Å². The summed E-state index contributed by atoms with van der Waals surface area (Å²) < 4.78 is 11.3. The first-order valence-corrected chi connectivity index (χ1v) is 8.62. The van der Waals surface area contributed by atoms with Crippen LogP contribution in [-0.2, 0) is 6.42 Å². The Morgan fingerprint density at radius 2 is 1.76 bits per heavy atom. The van der Waals surface area contributed by atoms with E-state index in [4.69, 9.17) is 21.1 Å². The van der Waals surface area contributed by atoms with Crippen LogP contribution in [0.3, 0.4) is 0 Å². The van der Waals surface area contributed by atoms with Gasteiger partial charge in [0.1, 0.15) is 0 Å². The standard InChI is InChI=1S/C17H21ClO2S/c1-4-12-9-10-21-17(12)16(18)13-7-8-14(19-5-2)15(11-13)20-6-3/h7-11,16H,4-6H2,1-3H3. The topological polar surface area (TPSA) is 18.5 Å². The van der Waals surface area contributed by atoms with Crippen LogP contribution in [0.15, 0.2) is 29.6 Å². The number of aryl methyl sites for hydroxylation is 1. The van der Waals surface area contributed by atoms with Gasteiger partial charge in [0.2, 0.25) is 0 Å². The minimum atomic E-state index is -0.144. The number of ether oxygens (including phenoxy) is 2. The summed E-state index contributed by atoms with van der Waals surface area (Å²) >= 11 is 8.38. The third-order valence-electron chi connectivity index (χ3n) is 3.25. The van der Waals surface area contributed by atoms with E-state index in [0.29, 0.717) is 13.2 Å². The van der Waals surface area contributed by atoms with E-state index >= 15 is 0 Å². The normalized spacial score (nSPS) is 12.2. The van der Waals surface area contributed by atoms with Gasteiger partial charge in [0.05, 0.1) is 18.6 Å². The maximum Gasteiger partial charge on any atom is 0.161 e. The van der Waals surface area contributed by atoms with Gasteiger partial charge < -0.3 is 9.47 Å². The van der Waals surface area contributed by atoms with Crippen molar-refractivity contribution in [1.29, 1.82) is 0 Å². The van der Waals surface area contributed by atoms with Gasteiger partial charge in [-0.15, -0.1) is 22.9 Å². The average Bonchev–Trinajstić information content (AvgIpc) is 2.97. The third-order valence-corrected chi connectivity index (χ3v) is 4.88. The summed E-state index contributed by atoms with van der Waals surface area (Å²) in [4.78, 5) is 1.21. The first-order chi connectivity index (χ1) is 10.2. The molecule has 2 aromatic rings. The van der Waals surface area contributed by atoms with Crippen molar-refractivity contribution < 1.29 is 9.47 Å². The van der Waals surface area contributed by atoms with Crippen LogP contribution in [0.5, 0.6) is 11.5 Å². The highest BCUT2D eigenvalue weighted by atomic mass is 35.5. The third kappa shape index (κ3) is 3.72. The smallest absolute Gasteiger partial charge is 0.161 e. The number of alkyl halides is 1. The number of thiophene rings is 1. The lowest BCUT2D eigenvalue weighted by molar-refractivity contribution is 0.287. The van der Waals surface area contributed by atoms with Gasteiger partial charge in [-0.3, -0.25) is 0 Å². The van der Waals surface area contributed by atoms with Crippen LogP contribution in [0.25, 0.3) is 0 Å². The van der Waals surface area contributed by atoms with E-state index in [0.717, 1.165) is 23.5 Å². The molecule has 114 valence electrons. The van der Waals surface area contributed by atoms with Crippen molar-refractivity contribution >= 4 is 22.9 Å². The van der Waals surface area contributed by atoms with Crippen molar-refractivity contribution in [3.05, 3.63) is 45.6 Å². The molecule has 1 unspecified atom stereocenters. The summed E-state index contributed by atoms with van der Waals surface area (Å²) in [6, 6.07) is 8.10. The second-order valence-electron chi connectivity index (χ2n) is 4.60. The molecule has 1 heterocycles. The molecule has 0 saturated heterocycles. The Bertz CT molecular complexity index is 580. The Kier molecular flexibility index (Phi) is 5.95. The summed E-state index contributed by atoms with van der Waals surface area (Å²) in [5, 5.41) is 1.96. The van der Waals surface area contributed by atoms with Gasteiger partial charge in [0.15, 0.2) is 11.5 Å². The molecule has 1 aromatic heterocycles. The van der Waals surface area contributed by atoms with Crippen LogP contribution in [0.2, 0.25) is 0 Å². The fraction of sp³-hybridized carbons (Fsp3) is 0.412. The fourth-order valence-corrected chi connectivity index (χ4v) is 3.67. The largest absolute Gasteiger partial charge is 0.490 e. The van der Waals surface area contributed by atoms with E-state index in [2.05, 4.69) is 18.4 Å². The molecule has 0 aliphatic carbocycles. The lowest BCUT2D eigenvalue weighted by atomic mass is 10.1. The van der Waals surface area contributed by atoms with Gasteiger partial charge >= 0.3 is 0 Å². The van der Waals surface area contributed by atoms with Crippen LogP contribution >= 0.6 is 22.9 Å². The number of benzene rings is 1. The summed E-state index contributed by atoms with van der Waals surface area (Å²) in [6.07, 6.45) is 0.997. The van der Waals surface area contributed by atoms with Gasteiger partial charge in [0, 0.05) is 4.88 Å². The Balaban J connectivity index is 2.33. The van der Waals surface area contributed by atoms with Crippen molar-refractivity contribution in [2.75, 3.05) is 13.2 Å². The van der Waals surface area contributed by atoms with Crippen LogP contribution in [0.4, 0.5) is 0 Å². The fourth-order valence-electron chi connectivity index (χ4n) is 2.24. The highest BCUT2D eigenvalue weighted by Gasteiger charge is 2.18. The molecule has 2 rings (SSSR count). The molecule has 2 nitrogen and oxygen atoms in total. The predicted octanol–water partition coefficient (Wildman–Crippen LogP) is 5.44. The number of halogens is 1. The number of hydrogen-bond donors (Lipinski definition) is 0. The first kappa shape index (κ1) is 16.2. The Labute approximate surface area is 135 Å². The second-order valence-corrected chi connectivity index (χ2v) is 5.98. The molecule has 0 spiro atoms. The molecule has 0 N–H and O–H groups in total. The summed E-state index contributed by atoms with van der Waals surface area (Å²) in [5.41, 5.74) is 2.35. The van der Waals surface area contributed by atoms with Gasteiger partial charge in [-0.1, -0.05) is 13.0 Å². The predicted molar refractivity (Wildman–Crippen MR) is 90.2 cm³/mol. The summed E-state index contributed by atoms with van der Waals surface area (Å²) in [5.74, 6) is 1.53. The number of hydrogen-bond acceptors (Lipinski definition) is 3. The summed E-state index contributed by atoms with van der Waals surface area (Å²) in [6.45, 7) is 7.31. The quantitative estimate of drug-likeness (QED) is 0.632. The van der Waals surface area contributed by atoms with Crippen molar-refractivity contribution in [3.8, 4) is 11.5 Å². The lowest BCUT2D eigenvalue weighted by Gasteiger charge is -2.15. The molecule has 1 atom stereocenters. The van der Waals surface area contributed by atoms with E-state index in [9.17, 15) is 0 Å². The molecule has 0 saturated carbocycles. The van der Waals surface area contributed by atoms with Crippen molar-refractivity contribution in [1.82, 2.24) is 0 Å². The van der Waals surface area contributed by atoms with E-state index in [1.54, 1.807) is 11.3 Å². The van der Waals surface area contributed by atoms with Crippen molar-refractivity contribution in [2.45, 2.75) is 32.6 Å². The lowest BCUT2D eigenvalue weighted by Crippen LogP contribution is -2.01. The molecule has 0 bridgehead atoms. The van der Waals surface area contributed by atoms with Crippen LogP contribution < -0.4 is 9.47 Å². The van der Waals surface area contributed by atoms with Gasteiger partial charge in [-0.05, 0) is 55.0 Å².